The zero-order chi connectivity index (χ0) is 23.8. The Kier molecular flexibility index (Phi) is 6.06. The minimum Gasteiger partial charge on any atom is -0.507 e. The number of aromatic nitrogens is 1. The SMILES string of the molecule is CC(C)(C)c1cc(-c2csc(=Nc3ccccc3)n2-c2ccccc2)cc(C(C)(C)C)c1O. The van der Waals surface area contributed by atoms with Gasteiger partial charge < -0.3 is 5.11 Å². The van der Waals surface area contributed by atoms with E-state index in [-0.39, 0.29) is 10.8 Å². The number of para-hydroxylation sites is 2. The number of thiazole rings is 1. The molecule has 0 aliphatic carbocycles. The molecule has 170 valence electrons. The van der Waals surface area contributed by atoms with Crippen LogP contribution in [0.15, 0.2) is 83.2 Å². The average molecular weight is 457 g/mol. The van der Waals surface area contributed by atoms with Crippen molar-refractivity contribution in [3.63, 3.8) is 0 Å². The van der Waals surface area contributed by atoms with E-state index in [9.17, 15) is 5.11 Å². The number of phenols is 1. The zero-order valence-corrected chi connectivity index (χ0v) is 21.1. The first-order chi connectivity index (χ1) is 15.6. The van der Waals surface area contributed by atoms with Crippen molar-refractivity contribution in [3.8, 4) is 22.7 Å². The van der Waals surface area contributed by atoms with Crippen molar-refractivity contribution in [2.75, 3.05) is 0 Å². The van der Waals surface area contributed by atoms with Crippen LogP contribution in [0.3, 0.4) is 0 Å². The van der Waals surface area contributed by atoms with Crippen LogP contribution < -0.4 is 4.80 Å². The van der Waals surface area contributed by atoms with Gasteiger partial charge in [-0.05, 0) is 47.2 Å². The zero-order valence-electron chi connectivity index (χ0n) is 20.3. The van der Waals surface area contributed by atoms with Crippen LogP contribution >= 0.6 is 11.3 Å². The molecule has 0 saturated heterocycles. The molecule has 1 aromatic heterocycles. The number of hydrogen-bond acceptors (Lipinski definition) is 3. The molecule has 33 heavy (non-hydrogen) atoms. The van der Waals surface area contributed by atoms with Gasteiger partial charge >= 0.3 is 0 Å². The van der Waals surface area contributed by atoms with Crippen LogP contribution in [0.25, 0.3) is 16.9 Å². The van der Waals surface area contributed by atoms with E-state index in [2.05, 4.69) is 75.8 Å². The molecular weight excluding hydrogens is 424 g/mol. The number of benzene rings is 3. The highest BCUT2D eigenvalue weighted by atomic mass is 32.1. The van der Waals surface area contributed by atoms with E-state index >= 15 is 0 Å². The number of hydrogen-bond donors (Lipinski definition) is 1. The second-order valence-corrected chi connectivity index (χ2v) is 11.3. The Balaban J connectivity index is 2.04. The number of nitrogens with zero attached hydrogens (tertiary/aromatic N) is 2. The molecule has 0 unspecified atom stereocenters. The maximum atomic E-state index is 11.2. The summed E-state index contributed by atoms with van der Waals surface area (Å²) in [5.41, 5.74) is 5.66. The van der Waals surface area contributed by atoms with Gasteiger partial charge in [0.2, 0.25) is 0 Å². The summed E-state index contributed by atoms with van der Waals surface area (Å²) in [6, 6.07) is 24.7. The standard InChI is InChI=1S/C29H32N2OS/c1-28(2,3)23-17-20(18-24(26(23)32)29(4,5)6)25-19-33-27(30-21-13-9-7-10-14-21)31(25)22-15-11-8-12-16-22/h7-19,32H,1-6H3. The Morgan fingerprint density at radius 3 is 1.79 bits per heavy atom. The molecule has 0 atom stereocenters. The van der Waals surface area contributed by atoms with Crippen LogP contribution in [0.4, 0.5) is 5.69 Å². The third kappa shape index (κ3) is 4.81. The molecule has 0 aliphatic heterocycles. The van der Waals surface area contributed by atoms with E-state index < -0.39 is 0 Å². The summed E-state index contributed by atoms with van der Waals surface area (Å²) < 4.78 is 2.21. The smallest absolute Gasteiger partial charge is 0.195 e. The highest BCUT2D eigenvalue weighted by Crippen LogP contribution is 2.42. The minimum atomic E-state index is -0.190. The number of aromatic hydroxyl groups is 1. The Morgan fingerprint density at radius 1 is 0.758 bits per heavy atom. The third-order valence-corrected chi connectivity index (χ3v) is 6.55. The first-order valence-electron chi connectivity index (χ1n) is 11.3. The Labute approximate surface area is 200 Å². The highest BCUT2D eigenvalue weighted by molar-refractivity contribution is 7.07. The molecule has 0 aliphatic rings. The lowest BCUT2D eigenvalue weighted by atomic mass is 9.78. The van der Waals surface area contributed by atoms with Gasteiger partial charge in [0.15, 0.2) is 4.80 Å². The molecule has 4 heteroatoms. The summed E-state index contributed by atoms with van der Waals surface area (Å²) in [5.74, 6) is 0.398. The first-order valence-corrected chi connectivity index (χ1v) is 12.2. The van der Waals surface area contributed by atoms with Gasteiger partial charge in [0, 0.05) is 27.8 Å². The highest BCUT2D eigenvalue weighted by Gasteiger charge is 2.27. The Hall–Kier alpha value is -3.11. The third-order valence-electron chi connectivity index (χ3n) is 5.73. The summed E-state index contributed by atoms with van der Waals surface area (Å²) in [6.07, 6.45) is 0. The fourth-order valence-electron chi connectivity index (χ4n) is 3.96. The van der Waals surface area contributed by atoms with Gasteiger partial charge in [0.05, 0.1) is 11.4 Å². The summed E-state index contributed by atoms with van der Waals surface area (Å²) in [6.45, 7) is 12.9. The second kappa shape index (κ2) is 8.68. The van der Waals surface area contributed by atoms with Gasteiger partial charge in [0.25, 0.3) is 0 Å². The molecule has 4 aromatic rings. The lowest BCUT2D eigenvalue weighted by Crippen LogP contribution is -2.18. The molecule has 0 fully saturated rings. The van der Waals surface area contributed by atoms with Gasteiger partial charge in [-0.2, -0.15) is 0 Å². The number of phenolic OH excluding ortho intramolecular Hbond substituents is 1. The number of rotatable bonds is 3. The van der Waals surface area contributed by atoms with Crippen LogP contribution in [-0.4, -0.2) is 9.67 Å². The molecule has 0 spiro atoms. The van der Waals surface area contributed by atoms with Crippen molar-refractivity contribution >= 4 is 17.0 Å². The molecule has 1 N–H and O–H groups in total. The van der Waals surface area contributed by atoms with E-state index in [4.69, 9.17) is 4.99 Å². The average Bonchev–Trinajstić information content (AvgIpc) is 3.17. The lowest BCUT2D eigenvalue weighted by molar-refractivity contribution is 0.423. The van der Waals surface area contributed by atoms with Crippen molar-refractivity contribution in [1.29, 1.82) is 0 Å². The molecule has 3 aromatic carbocycles. The summed E-state index contributed by atoms with van der Waals surface area (Å²) in [4.78, 5) is 5.86. The van der Waals surface area contributed by atoms with Crippen LogP contribution in [-0.2, 0) is 10.8 Å². The van der Waals surface area contributed by atoms with E-state index in [0.717, 1.165) is 38.6 Å². The Morgan fingerprint density at radius 2 is 1.27 bits per heavy atom. The van der Waals surface area contributed by atoms with Gasteiger partial charge in [-0.15, -0.1) is 11.3 Å². The van der Waals surface area contributed by atoms with Gasteiger partial charge in [-0.25, -0.2) is 4.99 Å². The van der Waals surface area contributed by atoms with Crippen molar-refractivity contribution in [3.05, 3.63) is 94.1 Å². The first kappa shape index (κ1) is 23.1. The maximum Gasteiger partial charge on any atom is 0.195 e. The van der Waals surface area contributed by atoms with Crippen LogP contribution in [0.5, 0.6) is 5.75 Å². The van der Waals surface area contributed by atoms with Gasteiger partial charge in [-0.3, -0.25) is 4.57 Å². The molecule has 1 heterocycles. The molecular formula is C29H32N2OS. The summed E-state index contributed by atoms with van der Waals surface area (Å²) in [7, 11) is 0. The van der Waals surface area contributed by atoms with E-state index in [1.54, 1.807) is 11.3 Å². The van der Waals surface area contributed by atoms with E-state index in [1.165, 1.54) is 0 Å². The maximum absolute atomic E-state index is 11.2. The quantitative estimate of drug-likeness (QED) is 0.336. The topological polar surface area (TPSA) is 37.5 Å². The van der Waals surface area contributed by atoms with Crippen LogP contribution in [0, 0.1) is 0 Å². The van der Waals surface area contributed by atoms with Gasteiger partial charge in [0.1, 0.15) is 5.75 Å². The molecule has 0 bridgehead atoms. The lowest BCUT2D eigenvalue weighted by Gasteiger charge is -2.28. The fourth-order valence-corrected chi connectivity index (χ4v) is 4.88. The molecule has 3 nitrogen and oxygen atoms in total. The van der Waals surface area contributed by atoms with Crippen LogP contribution in [0.2, 0.25) is 0 Å². The monoisotopic (exact) mass is 456 g/mol. The normalized spacial score (nSPS) is 12.8. The van der Waals surface area contributed by atoms with Crippen molar-refractivity contribution in [2.24, 2.45) is 4.99 Å². The Bertz CT molecular complexity index is 1280. The summed E-state index contributed by atoms with van der Waals surface area (Å²) in [5, 5.41) is 13.4. The van der Waals surface area contributed by atoms with Crippen molar-refractivity contribution in [2.45, 2.75) is 52.4 Å². The predicted octanol–water partition coefficient (Wildman–Crippen LogP) is 7.74. The molecule has 0 radical (unpaired) electrons. The molecule has 4 rings (SSSR count). The fraction of sp³-hybridized carbons (Fsp3) is 0.276. The largest absolute Gasteiger partial charge is 0.507 e. The van der Waals surface area contributed by atoms with Crippen molar-refractivity contribution < 1.29 is 5.11 Å². The minimum absolute atomic E-state index is 0.190. The van der Waals surface area contributed by atoms with Gasteiger partial charge in [-0.1, -0.05) is 77.9 Å². The molecule has 0 amide bonds. The van der Waals surface area contributed by atoms with E-state index in [1.807, 2.05) is 48.5 Å². The van der Waals surface area contributed by atoms with Crippen LogP contribution in [0.1, 0.15) is 52.7 Å². The molecule has 0 saturated carbocycles. The van der Waals surface area contributed by atoms with Crippen molar-refractivity contribution in [1.82, 2.24) is 4.57 Å². The van der Waals surface area contributed by atoms with E-state index in [0.29, 0.717) is 5.75 Å². The second-order valence-electron chi connectivity index (χ2n) is 10.4. The predicted molar refractivity (Wildman–Crippen MR) is 140 cm³/mol. The summed E-state index contributed by atoms with van der Waals surface area (Å²) >= 11 is 1.63.